The van der Waals surface area contributed by atoms with Gasteiger partial charge in [0.15, 0.2) is 0 Å². The number of carbonyl (C=O) groups excluding carboxylic acids is 1. The third-order valence-electron chi connectivity index (χ3n) is 4.41. The van der Waals surface area contributed by atoms with E-state index >= 15 is 0 Å². The molecular weight excluding hydrogens is 324 g/mol. The van der Waals surface area contributed by atoms with E-state index in [1.807, 2.05) is 25.4 Å². The van der Waals surface area contributed by atoms with Gasteiger partial charge in [0, 0.05) is 24.6 Å². The minimum atomic E-state index is -0.0723. The summed E-state index contributed by atoms with van der Waals surface area (Å²) < 4.78 is 2.11. The monoisotopic (exact) mass is 342 g/mol. The smallest absolute Gasteiger partial charge is 0.238 e. The summed E-state index contributed by atoms with van der Waals surface area (Å²) in [5.41, 5.74) is 2.25. The van der Waals surface area contributed by atoms with Crippen LogP contribution in [0.2, 0.25) is 5.02 Å². The van der Waals surface area contributed by atoms with Crippen LogP contribution in [0.3, 0.4) is 0 Å². The summed E-state index contributed by atoms with van der Waals surface area (Å²) in [4.78, 5) is 14.6. The number of benzene rings is 1. The fraction of sp³-hybridized carbons (Fsp3) is 0.333. The van der Waals surface area contributed by atoms with Crippen LogP contribution in [0.5, 0.6) is 0 Å². The largest absolute Gasteiger partial charge is 0.353 e. The number of halogens is 1. The second-order valence-electron chi connectivity index (χ2n) is 6.03. The van der Waals surface area contributed by atoms with Crippen molar-refractivity contribution in [3.05, 3.63) is 52.8 Å². The average Bonchev–Trinajstić information content (AvgIpc) is 3.16. The molecule has 1 aromatic carbocycles. The SMILES string of the molecule is Cn1cccc1[C@@H]1CCCN1CC(=O)Nc1ccc(C#N)c(Cl)c1. The Morgan fingerprint density at radius 1 is 1.46 bits per heavy atom. The summed E-state index contributed by atoms with van der Waals surface area (Å²) in [6.07, 6.45) is 4.18. The van der Waals surface area contributed by atoms with Gasteiger partial charge in [0.1, 0.15) is 6.07 Å². The van der Waals surface area contributed by atoms with E-state index in [0.717, 1.165) is 19.4 Å². The van der Waals surface area contributed by atoms with Gasteiger partial charge in [-0.2, -0.15) is 5.26 Å². The molecule has 0 spiro atoms. The minimum absolute atomic E-state index is 0.0723. The zero-order chi connectivity index (χ0) is 17.1. The summed E-state index contributed by atoms with van der Waals surface area (Å²) in [7, 11) is 2.03. The van der Waals surface area contributed by atoms with Crippen LogP contribution >= 0.6 is 11.6 Å². The van der Waals surface area contributed by atoms with Crippen molar-refractivity contribution in [1.29, 1.82) is 5.26 Å². The van der Waals surface area contributed by atoms with E-state index in [-0.39, 0.29) is 11.9 Å². The van der Waals surface area contributed by atoms with Crippen LogP contribution in [0.4, 0.5) is 5.69 Å². The van der Waals surface area contributed by atoms with Crippen molar-refractivity contribution >= 4 is 23.2 Å². The molecule has 0 radical (unpaired) electrons. The molecular formula is C18H19ClN4O. The third kappa shape index (κ3) is 3.45. The summed E-state index contributed by atoms with van der Waals surface area (Å²) in [6, 6.07) is 11.3. The van der Waals surface area contributed by atoms with Crippen LogP contribution in [0.25, 0.3) is 0 Å². The number of hydrogen-bond donors (Lipinski definition) is 1. The first-order valence-corrected chi connectivity index (χ1v) is 8.31. The Bertz CT molecular complexity index is 793. The number of aryl methyl sites for hydroxylation is 1. The zero-order valence-electron chi connectivity index (χ0n) is 13.5. The molecule has 1 atom stereocenters. The lowest BCUT2D eigenvalue weighted by Gasteiger charge is -2.24. The van der Waals surface area contributed by atoms with Gasteiger partial charge in [-0.3, -0.25) is 9.69 Å². The predicted molar refractivity (Wildman–Crippen MR) is 93.8 cm³/mol. The molecule has 6 heteroatoms. The number of carbonyl (C=O) groups is 1. The molecule has 1 saturated heterocycles. The molecule has 124 valence electrons. The zero-order valence-corrected chi connectivity index (χ0v) is 14.3. The number of hydrogen-bond acceptors (Lipinski definition) is 3. The Morgan fingerprint density at radius 3 is 2.96 bits per heavy atom. The van der Waals surface area contributed by atoms with E-state index in [1.165, 1.54) is 5.69 Å². The van der Waals surface area contributed by atoms with Crippen molar-refractivity contribution < 1.29 is 4.79 Å². The van der Waals surface area contributed by atoms with Crippen molar-refractivity contribution in [3.63, 3.8) is 0 Å². The summed E-state index contributed by atoms with van der Waals surface area (Å²) in [6.45, 7) is 1.25. The van der Waals surface area contributed by atoms with Gasteiger partial charge in [0.25, 0.3) is 0 Å². The van der Waals surface area contributed by atoms with Crippen LogP contribution in [-0.4, -0.2) is 28.5 Å². The Morgan fingerprint density at radius 2 is 2.29 bits per heavy atom. The van der Waals surface area contributed by atoms with E-state index < -0.39 is 0 Å². The highest BCUT2D eigenvalue weighted by Gasteiger charge is 2.28. The van der Waals surface area contributed by atoms with Crippen molar-refractivity contribution in [3.8, 4) is 6.07 Å². The van der Waals surface area contributed by atoms with Gasteiger partial charge in [0.05, 0.1) is 23.2 Å². The molecule has 24 heavy (non-hydrogen) atoms. The molecule has 1 aliphatic rings. The van der Waals surface area contributed by atoms with E-state index in [0.29, 0.717) is 22.8 Å². The van der Waals surface area contributed by atoms with Gasteiger partial charge in [-0.05, 0) is 49.7 Å². The van der Waals surface area contributed by atoms with E-state index in [9.17, 15) is 4.79 Å². The number of amides is 1. The normalized spacial score (nSPS) is 17.6. The molecule has 2 aromatic rings. The summed E-state index contributed by atoms with van der Waals surface area (Å²) in [5, 5.41) is 12.1. The lowest BCUT2D eigenvalue weighted by molar-refractivity contribution is -0.117. The molecule has 3 rings (SSSR count). The molecule has 1 N–H and O–H groups in total. The topological polar surface area (TPSA) is 61.1 Å². The van der Waals surface area contributed by atoms with Crippen LogP contribution in [-0.2, 0) is 11.8 Å². The van der Waals surface area contributed by atoms with Crippen LogP contribution < -0.4 is 5.32 Å². The second kappa shape index (κ2) is 7.08. The second-order valence-corrected chi connectivity index (χ2v) is 6.43. The molecule has 1 aliphatic heterocycles. The Kier molecular flexibility index (Phi) is 4.89. The molecule has 0 saturated carbocycles. The van der Waals surface area contributed by atoms with Crippen molar-refractivity contribution in [2.24, 2.45) is 7.05 Å². The van der Waals surface area contributed by atoms with Gasteiger partial charge in [0.2, 0.25) is 5.91 Å². The Labute approximate surface area is 146 Å². The number of nitrogens with one attached hydrogen (secondary N) is 1. The van der Waals surface area contributed by atoms with Gasteiger partial charge < -0.3 is 9.88 Å². The Balaban J connectivity index is 1.65. The standard InChI is InChI=1S/C18H19ClN4O/c1-22-8-2-4-16(22)17-5-3-9-23(17)12-18(24)21-14-7-6-13(11-20)15(19)10-14/h2,4,6-8,10,17H,3,5,9,12H2,1H3,(H,21,24)/t17-/m0/s1. The van der Waals surface area contributed by atoms with Gasteiger partial charge >= 0.3 is 0 Å². The van der Waals surface area contributed by atoms with Gasteiger partial charge in [-0.25, -0.2) is 0 Å². The molecule has 0 unspecified atom stereocenters. The first-order chi connectivity index (χ1) is 11.6. The van der Waals surface area contributed by atoms with Gasteiger partial charge in [-0.1, -0.05) is 11.6 Å². The predicted octanol–water partition coefficient (Wildman–Crippen LogP) is 3.33. The number of rotatable bonds is 4. The highest BCUT2D eigenvalue weighted by molar-refractivity contribution is 6.32. The first-order valence-electron chi connectivity index (χ1n) is 7.93. The molecule has 1 fully saturated rings. The highest BCUT2D eigenvalue weighted by atomic mass is 35.5. The van der Waals surface area contributed by atoms with Gasteiger partial charge in [-0.15, -0.1) is 0 Å². The fourth-order valence-corrected chi connectivity index (χ4v) is 3.46. The molecule has 0 aliphatic carbocycles. The van der Waals surface area contributed by atoms with Crippen LogP contribution in [0, 0.1) is 11.3 Å². The lowest BCUT2D eigenvalue weighted by Crippen LogP contribution is -2.33. The van der Waals surface area contributed by atoms with E-state index in [1.54, 1.807) is 18.2 Å². The highest BCUT2D eigenvalue weighted by Crippen LogP contribution is 2.31. The maximum Gasteiger partial charge on any atom is 0.238 e. The number of nitriles is 1. The molecule has 1 amide bonds. The minimum Gasteiger partial charge on any atom is -0.353 e. The van der Waals surface area contributed by atoms with Crippen LogP contribution in [0.1, 0.15) is 30.1 Å². The molecule has 2 heterocycles. The van der Waals surface area contributed by atoms with Crippen LogP contribution in [0.15, 0.2) is 36.5 Å². The van der Waals surface area contributed by atoms with Crippen molar-refractivity contribution in [2.45, 2.75) is 18.9 Å². The quantitative estimate of drug-likeness (QED) is 0.927. The van der Waals surface area contributed by atoms with E-state index in [2.05, 4.69) is 20.9 Å². The number of nitrogens with zero attached hydrogens (tertiary/aromatic N) is 3. The number of aromatic nitrogens is 1. The van der Waals surface area contributed by atoms with Crippen molar-refractivity contribution in [2.75, 3.05) is 18.4 Å². The first kappa shape index (κ1) is 16.6. The summed E-state index contributed by atoms with van der Waals surface area (Å²) >= 11 is 6.00. The maximum absolute atomic E-state index is 12.4. The molecule has 1 aromatic heterocycles. The van der Waals surface area contributed by atoms with E-state index in [4.69, 9.17) is 16.9 Å². The molecule has 0 bridgehead atoms. The number of anilines is 1. The summed E-state index contributed by atoms with van der Waals surface area (Å²) in [5.74, 6) is -0.0723. The fourth-order valence-electron chi connectivity index (χ4n) is 3.24. The third-order valence-corrected chi connectivity index (χ3v) is 4.72. The van der Waals surface area contributed by atoms with Crippen molar-refractivity contribution in [1.82, 2.24) is 9.47 Å². The Hall–Kier alpha value is -2.29. The number of likely N-dealkylation sites (tertiary alicyclic amines) is 1. The molecule has 5 nitrogen and oxygen atoms in total. The lowest BCUT2D eigenvalue weighted by atomic mass is 10.1. The average molecular weight is 343 g/mol. The maximum atomic E-state index is 12.4.